The van der Waals surface area contributed by atoms with Crippen molar-refractivity contribution in [3.8, 4) is 0 Å². The van der Waals surface area contributed by atoms with Crippen LogP contribution in [-0.4, -0.2) is 42.5 Å². The lowest BCUT2D eigenvalue weighted by Crippen LogP contribution is -2.39. The largest absolute Gasteiger partial charge is 0.481 e. The van der Waals surface area contributed by atoms with Gasteiger partial charge in [-0.2, -0.15) is 0 Å². The summed E-state index contributed by atoms with van der Waals surface area (Å²) in [6, 6.07) is 0. The van der Waals surface area contributed by atoms with Crippen molar-refractivity contribution in [3.05, 3.63) is 0 Å². The fourth-order valence-electron chi connectivity index (χ4n) is 0.943. The first-order valence-electron chi connectivity index (χ1n) is 5.01. The van der Waals surface area contributed by atoms with Gasteiger partial charge in [0.15, 0.2) is 0 Å². The molecule has 0 aliphatic rings. The zero-order valence-electron chi connectivity index (χ0n) is 8.99. The maximum Gasteiger partial charge on any atom is 0.303 e. The highest BCUT2D eigenvalue weighted by Gasteiger charge is 2.03. The maximum atomic E-state index is 11.1. The van der Waals surface area contributed by atoms with E-state index in [-0.39, 0.29) is 31.3 Å². The van der Waals surface area contributed by atoms with E-state index < -0.39 is 5.97 Å². The lowest BCUT2D eigenvalue weighted by Gasteiger charge is -2.05. The van der Waals surface area contributed by atoms with Crippen LogP contribution in [0.1, 0.15) is 19.3 Å². The fraction of sp³-hybridized carbons (Fsp3) is 0.667. The molecule has 16 heavy (non-hydrogen) atoms. The first kappa shape index (κ1) is 14.4. The fourth-order valence-corrected chi connectivity index (χ4v) is 0.943. The van der Waals surface area contributed by atoms with Crippen LogP contribution in [0.4, 0.5) is 0 Å². The quantitative estimate of drug-likeness (QED) is 0.376. The number of carboxylic acids is 1. The third-order valence-corrected chi connectivity index (χ3v) is 1.77. The number of hydrogen-bond donors (Lipinski definition) is 4. The van der Waals surface area contributed by atoms with Gasteiger partial charge < -0.3 is 21.5 Å². The smallest absolute Gasteiger partial charge is 0.303 e. The number of unbranched alkanes of at least 4 members (excludes halogenated alkanes) is 1. The number of carboxylic acid groups (broad SMARTS) is 1. The molecule has 0 radical (unpaired) electrons. The van der Waals surface area contributed by atoms with E-state index in [1.54, 1.807) is 0 Å². The maximum absolute atomic E-state index is 11.1. The van der Waals surface area contributed by atoms with Crippen molar-refractivity contribution in [2.24, 2.45) is 5.73 Å². The SMILES string of the molecule is NCC(=O)NCC(=O)NCCCCC(=O)O. The molecule has 0 fully saturated rings. The lowest BCUT2D eigenvalue weighted by molar-refractivity contribution is -0.137. The molecule has 0 aliphatic carbocycles. The van der Waals surface area contributed by atoms with E-state index in [4.69, 9.17) is 10.8 Å². The summed E-state index contributed by atoms with van der Waals surface area (Å²) in [6.45, 7) is 0.158. The van der Waals surface area contributed by atoms with Crippen molar-refractivity contribution in [3.63, 3.8) is 0 Å². The Kier molecular flexibility index (Phi) is 7.78. The van der Waals surface area contributed by atoms with E-state index in [1.807, 2.05) is 0 Å². The number of aliphatic carboxylic acids is 1. The summed E-state index contributed by atoms with van der Waals surface area (Å²) in [5, 5.41) is 13.2. The molecule has 0 atom stereocenters. The Labute approximate surface area is 93.4 Å². The van der Waals surface area contributed by atoms with Crippen LogP contribution in [0.25, 0.3) is 0 Å². The number of amides is 2. The number of carbonyl (C=O) groups excluding carboxylic acids is 2. The van der Waals surface area contributed by atoms with E-state index in [0.29, 0.717) is 19.4 Å². The molecule has 0 bridgehead atoms. The molecule has 2 amide bonds. The first-order chi connectivity index (χ1) is 7.56. The van der Waals surface area contributed by atoms with Crippen molar-refractivity contribution < 1.29 is 19.5 Å². The van der Waals surface area contributed by atoms with Crippen molar-refractivity contribution >= 4 is 17.8 Å². The van der Waals surface area contributed by atoms with E-state index in [1.165, 1.54) is 0 Å². The van der Waals surface area contributed by atoms with Crippen LogP contribution in [-0.2, 0) is 14.4 Å². The van der Waals surface area contributed by atoms with E-state index in [9.17, 15) is 14.4 Å². The summed E-state index contributed by atoms with van der Waals surface area (Å²) in [6.07, 6.45) is 1.22. The van der Waals surface area contributed by atoms with Crippen LogP contribution in [0, 0.1) is 0 Å². The van der Waals surface area contributed by atoms with Crippen molar-refractivity contribution in [1.29, 1.82) is 0 Å². The van der Waals surface area contributed by atoms with Gasteiger partial charge in [0.2, 0.25) is 11.8 Å². The van der Waals surface area contributed by atoms with E-state index in [2.05, 4.69) is 10.6 Å². The zero-order valence-corrected chi connectivity index (χ0v) is 8.99. The number of nitrogens with two attached hydrogens (primary N) is 1. The summed E-state index contributed by atoms with van der Waals surface area (Å²) in [7, 11) is 0. The molecule has 0 saturated heterocycles. The molecule has 0 unspecified atom stereocenters. The van der Waals surface area contributed by atoms with Crippen LogP contribution >= 0.6 is 0 Å². The van der Waals surface area contributed by atoms with Gasteiger partial charge in [-0.15, -0.1) is 0 Å². The van der Waals surface area contributed by atoms with Crippen LogP contribution in [0.15, 0.2) is 0 Å². The molecule has 0 spiro atoms. The van der Waals surface area contributed by atoms with Gasteiger partial charge in [0, 0.05) is 13.0 Å². The first-order valence-corrected chi connectivity index (χ1v) is 5.01. The number of hydrogen-bond acceptors (Lipinski definition) is 4. The Bertz CT molecular complexity index is 255. The molecular formula is C9H17N3O4. The summed E-state index contributed by atoms with van der Waals surface area (Å²) >= 11 is 0. The molecule has 7 nitrogen and oxygen atoms in total. The third-order valence-electron chi connectivity index (χ3n) is 1.77. The monoisotopic (exact) mass is 231 g/mol. The summed E-state index contributed by atoms with van der Waals surface area (Å²) in [5.41, 5.74) is 5.03. The minimum atomic E-state index is -0.846. The second-order valence-corrected chi connectivity index (χ2v) is 3.18. The molecule has 7 heteroatoms. The van der Waals surface area contributed by atoms with Gasteiger partial charge in [-0.3, -0.25) is 14.4 Å². The molecule has 5 N–H and O–H groups in total. The molecule has 0 saturated carbocycles. The Morgan fingerprint density at radius 2 is 1.75 bits per heavy atom. The minimum Gasteiger partial charge on any atom is -0.481 e. The van der Waals surface area contributed by atoms with Crippen molar-refractivity contribution in [2.75, 3.05) is 19.6 Å². The average molecular weight is 231 g/mol. The van der Waals surface area contributed by atoms with Gasteiger partial charge in [0.1, 0.15) is 0 Å². The predicted molar refractivity (Wildman–Crippen MR) is 56.6 cm³/mol. The Balaban J connectivity index is 3.37. The number of nitrogens with one attached hydrogen (secondary N) is 2. The summed E-state index contributed by atoms with van der Waals surface area (Å²) in [5.74, 6) is -1.54. The van der Waals surface area contributed by atoms with Gasteiger partial charge in [-0.05, 0) is 12.8 Å². The average Bonchev–Trinajstić information content (AvgIpc) is 2.24. The lowest BCUT2D eigenvalue weighted by atomic mass is 10.2. The summed E-state index contributed by atoms with van der Waals surface area (Å²) in [4.78, 5) is 31.9. The topological polar surface area (TPSA) is 122 Å². The van der Waals surface area contributed by atoms with Gasteiger partial charge >= 0.3 is 5.97 Å². The van der Waals surface area contributed by atoms with Crippen molar-refractivity contribution in [1.82, 2.24) is 10.6 Å². The second kappa shape index (κ2) is 8.66. The Hall–Kier alpha value is -1.63. The van der Waals surface area contributed by atoms with Crippen LogP contribution in [0.3, 0.4) is 0 Å². The highest BCUT2D eigenvalue weighted by Crippen LogP contribution is 1.92. The summed E-state index contributed by atoms with van der Waals surface area (Å²) < 4.78 is 0. The Morgan fingerprint density at radius 3 is 2.31 bits per heavy atom. The highest BCUT2D eigenvalue weighted by atomic mass is 16.4. The van der Waals surface area contributed by atoms with Gasteiger partial charge in [-0.1, -0.05) is 0 Å². The second-order valence-electron chi connectivity index (χ2n) is 3.18. The number of rotatable bonds is 8. The van der Waals surface area contributed by atoms with E-state index in [0.717, 1.165) is 0 Å². The molecule has 92 valence electrons. The predicted octanol–water partition coefficient (Wildman–Crippen LogP) is -1.57. The van der Waals surface area contributed by atoms with Crippen LogP contribution in [0.5, 0.6) is 0 Å². The molecule has 0 aliphatic heterocycles. The molecule has 0 aromatic heterocycles. The molecule has 0 aromatic rings. The molecular weight excluding hydrogens is 214 g/mol. The molecule has 0 aromatic carbocycles. The van der Waals surface area contributed by atoms with Crippen molar-refractivity contribution in [2.45, 2.75) is 19.3 Å². The number of carbonyl (C=O) groups is 3. The molecule has 0 rings (SSSR count). The highest BCUT2D eigenvalue weighted by molar-refractivity contribution is 5.85. The zero-order chi connectivity index (χ0) is 12.4. The van der Waals surface area contributed by atoms with Gasteiger partial charge in [0.05, 0.1) is 13.1 Å². The van der Waals surface area contributed by atoms with Crippen LogP contribution < -0.4 is 16.4 Å². The van der Waals surface area contributed by atoms with Crippen LogP contribution in [0.2, 0.25) is 0 Å². The Morgan fingerprint density at radius 1 is 1.06 bits per heavy atom. The minimum absolute atomic E-state index is 0.0970. The van der Waals surface area contributed by atoms with Gasteiger partial charge in [-0.25, -0.2) is 0 Å². The standard InChI is InChI=1S/C9H17N3O4/c10-5-7(13)12-6-8(14)11-4-2-1-3-9(15)16/h1-6,10H2,(H,11,14)(H,12,13)(H,15,16). The normalized spacial score (nSPS) is 9.56. The molecule has 0 heterocycles. The third kappa shape index (κ3) is 8.95. The van der Waals surface area contributed by atoms with Gasteiger partial charge in [0.25, 0.3) is 0 Å². The van der Waals surface area contributed by atoms with E-state index >= 15 is 0 Å².